The first-order valence-electron chi connectivity index (χ1n) is 11.0. The van der Waals surface area contributed by atoms with E-state index in [4.69, 9.17) is 4.74 Å². The third-order valence-electron chi connectivity index (χ3n) is 6.33. The number of ether oxygens (including phenoxy) is 1. The number of rotatable bonds is 6. The van der Waals surface area contributed by atoms with E-state index in [9.17, 15) is 8.78 Å². The normalized spacial score (nSPS) is 18.5. The van der Waals surface area contributed by atoms with E-state index in [1.54, 1.807) is 12.1 Å². The minimum atomic E-state index is -0.372. The SMILES string of the molecule is C=CC1CCC(c2ccc(-c3ccc(-c4ccc(OCC)c(F)c4)cc3)cc2F)CC1. The zero-order valence-corrected chi connectivity index (χ0v) is 17.9. The first kappa shape index (κ1) is 21.3. The molecule has 160 valence electrons. The van der Waals surface area contributed by atoms with Crippen molar-refractivity contribution in [1.82, 2.24) is 0 Å². The van der Waals surface area contributed by atoms with Gasteiger partial charge in [0.15, 0.2) is 11.6 Å². The third kappa shape index (κ3) is 4.71. The lowest BCUT2D eigenvalue weighted by Crippen LogP contribution is -2.12. The molecule has 0 amide bonds. The van der Waals surface area contributed by atoms with Crippen LogP contribution in [0.5, 0.6) is 5.75 Å². The fraction of sp³-hybridized carbons (Fsp3) is 0.286. The first-order valence-corrected chi connectivity index (χ1v) is 11.0. The Balaban J connectivity index is 1.51. The lowest BCUT2D eigenvalue weighted by molar-refractivity contribution is 0.321. The van der Waals surface area contributed by atoms with Gasteiger partial charge < -0.3 is 4.74 Å². The summed E-state index contributed by atoms with van der Waals surface area (Å²) in [5, 5.41) is 0. The molecule has 1 aliphatic carbocycles. The van der Waals surface area contributed by atoms with E-state index in [1.807, 2.05) is 55.5 Å². The maximum absolute atomic E-state index is 14.9. The Morgan fingerprint density at radius 1 is 0.806 bits per heavy atom. The largest absolute Gasteiger partial charge is 0.491 e. The van der Waals surface area contributed by atoms with E-state index in [1.165, 1.54) is 6.07 Å². The smallest absolute Gasteiger partial charge is 0.165 e. The van der Waals surface area contributed by atoms with Crippen molar-refractivity contribution >= 4 is 0 Å². The van der Waals surface area contributed by atoms with Gasteiger partial charge in [0.1, 0.15) is 5.82 Å². The van der Waals surface area contributed by atoms with Crippen LogP contribution in [0, 0.1) is 17.6 Å². The van der Waals surface area contributed by atoms with Crippen molar-refractivity contribution in [2.75, 3.05) is 6.61 Å². The fourth-order valence-corrected chi connectivity index (χ4v) is 4.51. The molecule has 1 saturated carbocycles. The summed E-state index contributed by atoms with van der Waals surface area (Å²) >= 11 is 0. The van der Waals surface area contributed by atoms with E-state index >= 15 is 0 Å². The van der Waals surface area contributed by atoms with Crippen molar-refractivity contribution in [2.45, 2.75) is 38.5 Å². The van der Waals surface area contributed by atoms with E-state index in [-0.39, 0.29) is 17.4 Å². The van der Waals surface area contributed by atoms with Crippen LogP contribution < -0.4 is 4.74 Å². The second kappa shape index (κ2) is 9.47. The standard InChI is InChI=1S/C28H28F2O/c1-3-19-5-7-22(8-6-19)25-15-13-23(17-26(25)29)20-9-11-21(12-10-20)24-14-16-28(31-4-2)27(30)18-24/h3,9-19,22H,1,4-8H2,2H3. The molecule has 31 heavy (non-hydrogen) atoms. The Hall–Kier alpha value is -2.94. The molecule has 0 heterocycles. The van der Waals surface area contributed by atoms with Crippen LogP contribution in [0.3, 0.4) is 0 Å². The number of benzene rings is 3. The summed E-state index contributed by atoms with van der Waals surface area (Å²) in [5.74, 6) is 0.625. The van der Waals surface area contributed by atoms with Gasteiger partial charge in [0.05, 0.1) is 6.61 Å². The first-order chi connectivity index (χ1) is 15.1. The number of halogens is 2. The summed E-state index contributed by atoms with van der Waals surface area (Å²) in [6.07, 6.45) is 6.23. The molecule has 0 saturated heterocycles. The highest BCUT2D eigenvalue weighted by molar-refractivity contribution is 5.71. The second-order valence-electron chi connectivity index (χ2n) is 8.24. The van der Waals surface area contributed by atoms with Gasteiger partial charge in [-0.1, -0.05) is 48.5 Å². The molecule has 1 fully saturated rings. The monoisotopic (exact) mass is 418 g/mol. The predicted molar refractivity (Wildman–Crippen MR) is 123 cm³/mol. The number of hydrogen-bond acceptors (Lipinski definition) is 1. The molecule has 0 unspecified atom stereocenters. The van der Waals surface area contributed by atoms with E-state index in [2.05, 4.69) is 6.58 Å². The van der Waals surface area contributed by atoms with Gasteiger partial charge in [-0.15, -0.1) is 6.58 Å². The molecule has 0 spiro atoms. The van der Waals surface area contributed by atoms with Crippen LogP contribution in [0.4, 0.5) is 8.78 Å². The van der Waals surface area contributed by atoms with Crippen molar-refractivity contribution in [2.24, 2.45) is 5.92 Å². The van der Waals surface area contributed by atoms with Crippen molar-refractivity contribution < 1.29 is 13.5 Å². The fourth-order valence-electron chi connectivity index (χ4n) is 4.51. The summed E-state index contributed by atoms with van der Waals surface area (Å²) in [6, 6.07) is 18.3. The van der Waals surface area contributed by atoms with Crippen LogP contribution in [-0.2, 0) is 0 Å². The average Bonchev–Trinajstić information content (AvgIpc) is 2.81. The third-order valence-corrected chi connectivity index (χ3v) is 6.33. The van der Waals surface area contributed by atoms with Crippen molar-refractivity contribution in [1.29, 1.82) is 0 Å². The molecule has 3 aromatic carbocycles. The van der Waals surface area contributed by atoms with Crippen LogP contribution in [0.25, 0.3) is 22.3 Å². The average molecular weight is 419 g/mol. The zero-order valence-electron chi connectivity index (χ0n) is 17.9. The van der Waals surface area contributed by atoms with Crippen LogP contribution in [0.1, 0.15) is 44.1 Å². The topological polar surface area (TPSA) is 9.23 Å². The minimum absolute atomic E-state index is 0.128. The molecule has 0 bridgehead atoms. The molecule has 0 radical (unpaired) electrons. The Bertz CT molecular complexity index is 1050. The molecule has 0 atom stereocenters. The van der Waals surface area contributed by atoms with Crippen LogP contribution >= 0.6 is 0 Å². The van der Waals surface area contributed by atoms with Crippen LogP contribution in [-0.4, -0.2) is 6.61 Å². The van der Waals surface area contributed by atoms with Gasteiger partial charge in [-0.25, -0.2) is 8.78 Å². The van der Waals surface area contributed by atoms with E-state index < -0.39 is 0 Å². The highest BCUT2D eigenvalue weighted by atomic mass is 19.1. The molecule has 3 heteroatoms. The molecular weight excluding hydrogens is 390 g/mol. The summed E-state index contributed by atoms with van der Waals surface area (Å²) in [5.41, 5.74) is 4.31. The highest BCUT2D eigenvalue weighted by Crippen LogP contribution is 2.38. The number of hydrogen-bond donors (Lipinski definition) is 0. The van der Waals surface area contributed by atoms with Crippen molar-refractivity contribution in [3.05, 3.63) is 90.5 Å². The predicted octanol–water partition coefficient (Wildman–Crippen LogP) is 8.16. The zero-order chi connectivity index (χ0) is 21.8. The maximum atomic E-state index is 14.9. The Morgan fingerprint density at radius 2 is 1.35 bits per heavy atom. The molecule has 1 aliphatic rings. The Labute approximate surface area is 183 Å². The molecular formula is C28H28F2O. The van der Waals surface area contributed by atoms with Gasteiger partial charge >= 0.3 is 0 Å². The summed E-state index contributed by atoms with van der Waals surface area (Å²) in [4.78, 5) is 0. The van der Waals surface area contributed by atoms with Crippen LogP contribution in [0.2, 0.25) is 0 Å². The molecule has 1 nitrogen and oxygen atoms in total. The van der Waals surface area contributed by atoms with Gasteiger partial charge in [0, 0.05) is 0 Å². The summed E-state index contributed by atoms with van der Waals surface area (Å²) in [7, 11) is 0. The van der Waals surface area contributed by atoms with Gasteiger partial charge in [0.2, 0.25) is 0 Å². The van der Waals surface area contributed by atoms with Gasteiger partial charge in [-0.05, 0) is 90.5 Å². The molecule has 0 aromatic heterocycles. The Kier molecular flexibility index (Phi) is 6.50. The maximum Gasteiger partial charge on any atom is 0.165 e. The van der Waals surface area contributed by atoms with Crippen molar-refractivity contribution in [3.63, 3.8) is 0 Å². The van der Waals surface area contributed by atoms with Gasteiger partial charge in [0.25, 0.3) is 0 Å². The molecule has 4 rings (SSSR count). The summed E-state index contributed by atoms with van der Waals surface area (Å²) < 4.78 is 34.4. The van der Waals surface area contributed by atoms with Crippen molar-refractivity contribution in [3.8, 4) is 28.0 Å². The number of allylic oxidation sites excluding steroid dienone is 1. The summed E-state index contributed by atoms with van der Waals surface area (Å²) in [6.45, 7) is 6.14. The quantitative estimate of drug-likeness (QED) is 0.367. The highest BCUT2D eigenvalue weighted by Gasteiger charge is 2.23. The Morgan fingerprint density at radius 3 is 1.87 bits per heavy atom. The molecule has 3 aromatic rings. The van der Waals surface area contributed by atoms with Gasteiger partial charge in [-0.2, -0.15) is 0 Å². The lowest BCUT2D eigenvalue weighted by atomic mass is 9.78. The second-order valence-corrected chi connectivity index (χ2v) is 8.24. The van der Waals surface area contributed by atoms with Gasteiger partial charge in [-0.3, -0.25) is 0 Å². The minimum Gasteiger partial charge on any atom is -0.491 e. The lowest BCUT2D eigenvalue weighted by Gasteiger charge is -2.27. The van der Waals surface area contributed by atoms with E-state index in [0.717, 1.165) is 53.5 Å². The van der Waals surface area contributed by atoms with E-state index in [0.29, 0.717) is 18.4 Å². The van der Waals surface area contributed by atoms with Crippen LogP contribution in [0.15, 0.2) is 73.3 Å². The molecule has 0 N–H and O–H groups in total. The molecule has 0 aliphatic heterocycles.